The van der Waals surface area contributed by atoms with Gasteiger partial charge in [-0.1, -0.05) is 27.0 Å². The lowest BCUT2D eigenvalue weighted by molar-refractivity contribution is 0.0554. The molecule has 0 spiro atoms. The maximum atomic E-state index is 5.33. The van der Waals surface area contributed by atoms with E-state index in [1.165, 1.54) is 0 Å². The number of aromatic nitrogens is 2. The predicted octanol–water partition coefficient (Wildman–Crippen LogP) is 2.78. The zero-order valence-electron chi connectivity index (χ0n) is 11.9. The quantitative estimate of drug-likeness (QED) is 0.781. The minimum atomic E-state index is 0.763. The number of ether oxygens (including phenoxy) is 1. The van der Waals surface area contributed by atoms with Crippen molar-refractivity contribution in [2.75, 3.05) is 26.3 Å². The van der Waals surface area contributed by atoms with Crippen LogP contribution in [0.25, 0.3) is 5.70 Å². The van der Waals surface area contributed by atoms with E-state index in [4.69, 9.17) is 4.74 Å². The molecule has 0 atom stereocenters. The maximum Gasteiger partial charge on any atom is 0.0642 e. The van der Waals surface area contributed by atoms with Crippen LogP contribution in [0.1, 0.15) is 13.8 Å². The molecule has 2 rings (SSSR count). The number of hydrogen-bond donors (Lipinski definition) is 0. The molecule has 0 bridgehead atoms. The highest BCUT2D eigenvalue weighted by Gasteiger charge is 2.11. The normalized spacial score (nSPS) is 15.5. The average molecular weight is 261 g/mol. The van der Waals surface area contributed by atoms with Gasteiger partial charge in [0, 0.05) is 31.2 Å². The van der Waals surface area contributed by atoms with Crippen molar-refractivity contribution in [3.63, 3.8) is 0 Å². The fourth-order valence-electron chi connectivity index (χ4n) is 1.78. The minimum Gasteiger partial charge on any atom is -0.378 e. The Morgan fingerprint density at radius 1 is 1.32 bits per heavy atom. The summed E-state index contributed by atoms with van der Waals surface area (Å²) >= 11 is 0. The molecule has 19 heavy (non-hydrogen) atoms. The second-order valence-corrected chi connectivity index (χ2v) is 3.81. The van der Waals surface area contributed by atoms with E-state index in [9.17, 15) is 0 Å². The van der Waals surface area contributed by atoms with Gasteiger partial charge in [-0.3, -0.25) is 0 Å². The highest BCUT2D eigenvalue weighted by atomic mass is 16.5. The number of hydrogen-bond acceptors (Lipinski definition) is 3. The Balaban J connectivity index is 0.000000861. The van der Waals surface area contributed by atoms with Gasteiger partial charge in [0.1, 0.15) is 0 Å². The molecule has 1 aromatic heterocycles. The van der Waals surface area contributed by atoms with Crippen molar-refractivity contribution in [2.45, 2.75) is 13.8 Å². The topological polar surface area (TPSA) is 30.3 Å². The first-order valence-corrected chi connectivity index (χ1v) is 6.67. The van der Waals surface area contributed by atoms with Crippen molar-refractivity contribution in [2.24, 2.45) is 0 Å². The van der Waals surface area contributed by atoms with Crippen molar-refractivity contribution < 1.29 is 4.74 Å². The van der Waals surface area contributed by atoms with Crippen LogP contribution in [0.2, 0.25) is 0 Å². The Kier molecular flexibility index (Phi) is 6.68. The van der Waals surface area contributed by atoms with E-state index in [1.54, 1.807) is 10.9 Å². The molecule has 0 aromatic carbocycles. The minimum absolute atomic E-state index is 0.763. The lowest BCUT2D eigenvalue weighted by Crippen LogP contribution is -2.35. The van der Waals surface area contributed by atoms with E-state index in [-0.39, 0.29) is 0 Å². The Morgan fingerprint density at radius 2 is 2.00 bits per heavy atom. The Labute approximate surface area is 115 Å². The molecule has 2 heterocycles. The molecule has 0 radical (unpaired) electrons. The number of allylic oxidation sites excluding steroid dienone is 3. The first-order chi connectivity index (χ1) is 9.31. The van der Waals surface area contributed by atoms with Gasteiger partial charge >= 0.3 is 0 Å². The fourth-order valence-corrected chi connectivity index (χ4v) is 1.78. The summed E-state index contributed by atoms with van der Waals surface area (Å²) in [5.41, 5.74) is 1.89. The molecular formula is C15H23N3O. The standard InChI is InChI=1S/C13H17N3O.C2H6/c1-3-13(15-7-9-17-10-8-15)11-12(2)16-6-4-5-14-16;1-2/h3-6,11H,1-2,7-10H2;1-2H3/b13-11+;. The molecule has 1 aliphatic rings. The summed E-state index contributed by atoms with van der Waals surface area (Å²) in [6, 6.07) is 1.88. The predicted molar refractivity (Wildman–Crippen MR) is 79.6 cm³/mol. The van der Waals surface area contributed by atoms with Gasteiger partial charge in [-0.25, -0.2) is 4.68 Å². The van der Waals surface area contributed by atoms with Crippen LogP contribution in [0.4, 0.5) is 0 Å². The van der Waals surface area contributed by atoms with Crippen LogP contribution >= 0.6 is 0 Å². The van der Waals surface area contributed by atoms with Crippen LogP contribution in [-0.2, 0) is 4.74 Å². The number of nitrogens with zero attached hydrogens (tertiary/aromatic N) is 3. The highest BCUT2D eigenvalue weighted by molar-refractivity contribution is 5.55. The average Bonchev–Trinajstić information content (AvgIpc) is 3.02. The molecule has 0 aliphatic carbocycles. The summed E-state index contributed by atoms with van der Waals surface area (Å²) in [6.07, 6.45) is 7.45. The smallest absolute Gasteiger partial charge is 0.0642 e. The first-order valence-electron chi connectivity index (χ1n) is 6.67. The van der Waals surface area contributed by atoms with Crippen LogP contribution < -0.4 is 0 Å². The first kappa shape index (κ1) is 15.2. The van der Waals surface area contributed by atoms with Crippen molar-refractivity contribution in [1.82, 2.24) is 14.7 Å². The van der Waals surface area contributed by atoms with Gasteiger partial charge in [-0.05, 0) is 18.2 Å². The van der Waals surface area contributed by atoms with E-state index in [0.717, 1.165) is 37.7 Å². The lowest BCUT2D eigenvalue weighted by Gasteiger charge is -2.29. The van der Waals surface area contributed by atoms with Crippen molar-refractivity contribution in [1.29, 1.82) is 0 Å². The SMILES string of the molecule is C=C/C(=C\C(=C)n1cccn1)N1CCOCC1.CC. The van der Waals surface area contributed by atoms with Crippen LogP contribution in [0.3, 0.4) is 0 Å². The molecule has 104 valence electrons. The zero-order chi connectivity index (χ0) is 14.1. The molecule has 1 aliphatic heterocycles. The van der Waals surface area contributed by atoms with E-state index in [2.05, 4.69) is 23.2 Å². The van der Waals surface area contributed by atoms with E-state index in [1.807, 2.05) is 38.3 Å². The molecule has 1 saturated heterocycles. The third-order valence-corrected chi connectivity index (χ3v) is 2.70. The van der Waals surface area contributed by atoms with Gasteiger partial charge in [-0.15, -0.1) is 0 Å². The monoisotopic (exact) mass is 261 g/mol. The highest BCUT2D eigenvalue weighted by Crippen LogP contribution is 2.13. The van der Waals surface area contributed by atoms with Crippen molar-refractivity contribution in [3.8, 4) is 0 Å². The molecular weight excluding hydrogens is 238 g/mol. The van der Waals surface area contributed by atoms with Gasteiger partial charge < -0.3 is 9.64 Å². The van der Waals surface area contributed by atoms with Gasteiger partial charge in [0.05, 0.1) is 18.9 Å². The van der Waals surface area contributed by atoms with E-state index in [0.29, 0.717) is 0 Å². The number of rotatable bonds is 4. The zero-order valence-corrected chi connectivity index (χ0v) is 11.9. The van der Waals surface area contributed by atoms with Gasteiger partial charge in [-0.2, -0.15) is 5.10 Å². The molecule has 4 heteroatoms. The van der Waals surface area contributed by atoms with Crippen LogP contribution in [-0.4, -0.2) is 41.0 Å². The van der Waals surface area contributed by atoms with E-state index >= 15 is 0 Å². The molecule has 4 nitrogen and oxygen atoms in total. The second-order valence-electron chi connectivity index (χ2n) is 3.81. The third-order valence-electron chi connectivity index (χ3n) is 2.70. The van der Waals surface area contributed by atoms with Crippen LogP contribution in [0.5, 0.6) is 0 Å². The summed E-state index contributed by atoms with van der Waals surface area (Å²) in [5, 5.41) is 4.14. The van der Waals surface area contributed by atoms with Crippen LogP contribution in [0, 0.1) is 0 Å². The summed E-state index contributed by atoms with van der Waals surface area (Å²) in [4.78, 5) is 2.24. The molecule has 0 N–H and O–H groups in total. The fraction of sp³-hybridized carbons (Fsp3) is 0.400. The molecule has 1 fully saturated rings. The summed E-state index contributed by atoms with van der Waals surface area (Å²) < 4.78 is 7.07. The van der Waals surface area contributed by atoms with Crippen LogP contribution in [0.15, 0.2) is 49.5 Å². The largest absolute Gasteiger partial charge is 0.378 e. The molecule has 1 aromatic rings. The molecule has 0 unspecified atom stereocenters. The van der Waals surface area contributed by atoms with Gasteiger partial charge in [0.25, 0.3) is 0 Å². The Bertz CT molecular complexity index is 415. The van der Waals surface area contributed by atoms with Crippen molar-refractivity contribution >= 4 is 5.70 Å². The second kappa shape index (κ2) is 8.32. The summed E-state index contributed by atoms with van der Waals surface area (Å²) in [6.45, 7) is 15.2. The summed E-state index contributed by atoms with van der Waals surface area (Å²) in [5.74, 6) is 0. The molecule has 0 amide bonds. The summed E-state index contributed by atoms with van der Waals surface area (Å²) in [7, 11) is 0. The molecule has 0 saturated carbocycles. The van der Waals surface area contributed by atoms with E-state index < -0.39 is 0 Å². The lowest BCUT2D eigenvalue weighted by atomic mass is 10.2. The van der Waals surface area contributed by atoms with Crippen molar-refractivity contribution in [3.05, 3.63) is 49.5 Å². The Morgan fingerprint density at radius 3 is 2.53 bits per heavy atom. The van der Waals surface area contributed by atoms with Gasteiger partial charge in [0.15, 0.2) is 0 Å². The maximum absolute atomic E-state index is 5.33. The Hall–Kier alpha value is -1.81. The third kappa shape index (κ3) is 4.41. The number of morpholine rings is 1. The van der Waals surface area contributed by atoms with Gasteiger partial charge in [0.2, 0.25) is 0 Å².